The Morgan fingerprint density at radius 2 is 1.97 bits per heavy atom. The van der Waals surface area contributed by atoms with Gasteiger partial charge in [-0.1, -0.05) is 26.0 Å². The van der Waals surface area contributed by atoms with Crippen LogP contribution in [-0.2, 0) is 11.2 Å². The molecule has 2 amide bonds. The fourth-order valence-corrected chi connectivity index (χ4v) is 2.88. The molecule has 0 radical (unpaired) electrons. The second kappa shape index (κ2) is 13.4. The van der Waals surface area contributed by atoms with Gasteiger partial charge in [-0.3, -0.25) is 9.79 Å². The van der Waals surface area contributed by atoms with Gasteiger partial charge in [-0.2, -0.15) is 0 Å². The van der Waals surface area contributed by atoms with E-state index in [4.69, 9.17) is 4.74 Å². The number of ether oxygens (including phenoxy) is 1. The van der Waals surface area contributed by atoms with E-state index in [1.807, 2.05) is 18.2 Å². The lowest BCUT2D eigenvalue weighted by molar-refractivity contribution is 0.0963. The zero-order chi connectivity index (χ0) is 21.6. The van der Waals surface area contributed by atoms with E-state index >= 15 is 0 Å². The molecule has 1 rings (SSSR count). The molecule has 4 N–H and O–H groups in total. The quantitative estimate of drug-likeness (QED) is 0.352. The number of nitrogens with one attached hydrogen (secondary N) is 4. The minimum Gasteiger partial charge on any atom is -0.450 e. The normalized spacial score (nSPS) is 12.3. The van der Waals surface area contributed by atoms with Crippen LogP contribution in [0.5, 0.6) is 0 Å². The van der Waals surface area contributed by atoms with Crippen LogP contribution in [0.4, 0.5) is 4.79 Å². The Balaban J connectivity index is 2.52. The molecule has 29 heavy (non-hydrogen) atoms. The molecule has 8 heteroatoms. The highest BCUT2D eigenvalue weighted by molar-refractivity contribution is 5.94. The number of carbonyl (C=O) groups is 2. The van der Waals surface area contributed by atoms with Crippen molar-refractivity contribution in [3.63, 3.8) is 0 Å². The van der Waals surface area contributed by atoms with Crippen LogP contribution in [0.2, 0.25) is 0 Å². The molecule has 1 atom stereocenters. The van der Waals surface area contributed by atoms with E-state index in [1.165, 1.54) is 0 Å². The number of hydrogen-bond donors (Lipinski definition) is 4. The van der Waals surface area contributed by atoms with Gasteiger partial charge in [-0.25, -0.2) is 4.79 Å². The summed E-state index contributed by atoms with van der Waals surface area (Å²) in [7, 11) is 3.33. The first-order valence-corrected chi connectivity index (χ1v) is 10.1. The Hall–Kier alpha value is -2.77. The van der Waals surface area contributed by atoms with Gasteiger partial charge in [0.05, 0.1) is 6.61 Å². The topological polar surface area (TPSA) is 104 Å². The maximum Gasteiger partial charge on any atom is 0.407 e. The summed E-state index contributed by atoms with van der Waals surface area (Å²) < 4.78 is 4.98. The third-order valence-electron chi connectivity index (χ3n) is 4.22. The lowest BCUT2D eigenvalue weighted by Gasteiger charge is -2.22. The van der Waals surface area contributed by atoms with Crippen molar-refractivity contribution in [2.75, 3.05) is 33.8 Å². The molecule has 8 nitrogen and oxygen atoms in total. The Morgan fingerprint density at radius 1 is 1.21 bits per heavy atom. The molecular weight excluding hydrogens is 370 g/mol. The predicted molar refractivity (Wildman–Crippen MR) is 116 cm³/mol. The summed E-state index contributed by atoms with van der Waals surface area (Å²) in [4.78, 5) is 27.7. The number of carbonyl (C=O) groups excluding carboxylic acids is 2. The SMILES string of the molecule is CCOC(=O)NC(CNC(=NC)NCCc1cccc(C(=O)NC)c1)CC(C)C. The summed E-state index contributed by atoms with van der Waals surface area (Å²) in [6, 6.07) is 7.49. The Labute approximate surface area is 173 Å². The molecule has 0 aliphatic heterocycles. The van der Waals surface area contributed by atoms with Crippen molar-refractivity contribution < 1.29 is 14.3 Å². The molecule has 0 saturated heterocycles. The summed E-state index contributed by atoms with van der Waals surface area (Å²) in [6.07, 6.45) is 1.18. The van der Waals surface area contributed by atoms with Crippen molar-refractivity contribution in [3.8, 4) is 0 Å². The number of guanidine groups is 1. The standard InChI is InChI=1S/C21H35N5O3/c1-6-29-21(28)26-18(12-15(2)3)14-25-20(23-5)24-11-10-16-8-7-9-17(13-16)19(27)22-4/h7-9,13,15,18H,6,10-12,14H2,1-5H3,(H,22,27)(H,26,28)(H2,23,24,25). The molecule has 0 heterocycles. The summed E-state index contributed by atoms with van der Waals surface area (Å²) in [5.41, 5.74) is 1.71. The fourth-order valence-electron chi connectivity index (χ4n) is 2.88. The maximum absolute atomic E-state index is 11.7. The zero-order valence-electron chi connectivity index (χ0n) is 18.2. The van der Waals surface area contributed by atoms with Gasteiger partial charge in [0.2, 0.25) is 0 Å². The number of rotatable bonds is 10. The van der Waals surface area contributed by atoms with Crippen molar-refractivity contribution in [1.82, 2.24) is 21.3 Å². The highest BCUT2D eigenvalue weighted by Crippen LogP contribution is 2.06. The second-order valence-electron chi connectivity index (χ2n) is 7.10. The van der Waals surface area contributed by atoms with Gasteiger partial charge in [0.25, 0.3) is 5.91 Å². The average molecular weight is 406 g/mol. The summed E-state index contributed by atoms with van der Waals surface area (Å²) in [5, 5.41) is 12.0. The summed E-state index contributed by atoms with van der Waals surface area (Å²) >= 11 is 0. The van der Waals surface area contributed by atoms with Crippen molar-refractivity contribution in [1.29, 1.82) is 0 Å². The highest BCUT2D eigenvalue weighted by atomic mass is 16.5. The predicted octanol–water partition coefficient (Wildman–Crippen LogP) is 1.91. The van der Waals surface area contributed by atoms with Crippen molar-refractivity contribution >= 4 is 18.0 Å². The van der Waals surface area contributed by atoms with E-state index in [9.17, 15) is 9.59 Å². The molecule has 0 fully saturated rings. The van der Waals surface area contributed by atoms with Crippen LogP contribution < -0.4 is 21.3 Å². The molecule has 1 aromatic rings. The fraction of sp³-hybridized carbons (Fsp3) is 0.571. The van der Waals surface area contributed by atoms with Gasteiger partial charge in [0, 0.05) is 38.8 Å². The number of hydrogen-bond acceptors (Lipinski definition) is 4. The average Bonchev–Trinajstić information content (AvgIpc) is 2.69. The molecule has 1 aromatic carbocycles. The number of benzene rings is 1. The number of nitrogens with zero attached hydrogens (tertiary/aromatic N) is 1. The zero-order valence-corrected chi connectivity index (χ0v) is 18.2. The lowest BCUT2D eigenvalue weighted by atomic mass is 10.0. The summed E-state index contributed by atoms with van der Waals surface area (Å²) in [5.74, 6) is 1.00. The first-order chi connectivity index (χ1) is 13.9. The molecule has 0 bridgehead atoms. The monoisotopic (exact) mass is 405 g/mol. The molecule has 0 saturated carbocycles. The van der Waals surface area contributed by atoms with Gasteiger partial charge < -0.3 is 26.0 Å². The molecule has 0 spiro atoms. The van der Waals surface area contributed by atoms with Crippen LogP contribution in [-0.4, -0.2) is 57.8 Å². The minimum atomic E-state index is -0.404. The smallest absolute Gasteiger partial charge is 0.407 e. The van der Waals surface area contributed by atoms with Gasteiger partial charge in [-0.15, -0.1) is 0 Å². The summed E-state index contributed by atoms with van der Waals surface area (Å²) in [6.45, 7) is 7.56. The third kappa shape index (κ3) is 9.82. The molecule has 1 unspecified atom stereocenters. The van der Waals surface area contributed by atoms with Crippen LogP contribution in [0.1, 0.15) is 43.1 Å². The van der Waals surface area contributed by atoms with Crippen LogP contribution >= 0.6 is 0 Å². The Kier molecular flexibility index (Phi) is 11.2. The number of amides is 2. The van der Waals surface area contributed by atoms with Crippen LogP contribution in [0.15, 0.2) is 29.3 Å². The first-order valence-electron chi connectivity index (χ1n) is 10.1. The van der Waals surface area contributed by atoms with E-state index in [-0.39, 0.29) is 11.9 Å². The second-order valence-corrected chi connectivity index (χ2v) is 7.10. The van der Waals surface area contributed by atoms with E-state index in [1.54, 1.807) is 27.1 Å². The van der Waals surface area contributed by atoms with Gasteiger partial charge >= 0.3 is 6.09 Å². The Morgan fingerprint density at radius 3 is 2.59 bits per heavy atom. The largest absolute Gasteiger partial charge is 0.450 e. The van der Waals surface area contributed by atoms with Crippen molar-refractivity contribution in [2.24, 2.45) is 10.9 Å². The van der Waals surface area contributed by atoms with E-state index in [0.29, 0.717) is 37.1 Å². The number of aliphatic imine (C=N–C) groups is 1. The van der Waals surface area contributed by atoms with Gasteiger partial charge in [-0.05, 0) is 43.4 Å². The van der Waals surface area contributed by atoms with Crippen LogP contribution in [0, 0.1) is 5.92 Å². The molecular formula is C21H35N5O3. The molecule has 162 valence electrons. The lowest BCUT2D eigenvalue weighted by Crippen LogP contribution is -2.48. The Bertz CT molecular complexity index is 676. The van der Waals surface area contributed by atoms with E-state index in [2.05, 4.69) is 40.1 Å². The van der Waals surface area contributed by atoms with Crippen molar-refractivity contribution in [3.05, 3.63) is 35.4 Å². The van der Waals surface area contributed by atoms with E-state index in [0.717, 1.165) is 18.4 Å². The highest BCUT2D eigenvalue weighted by Gasteiger charge is 2.15. The third-order valence-corrected chi connectivity index (χ3v) is 4.22. The first kappa shape index (κ1) is 24.3. The maximum atomic E-state index is 11.7. The molecule has 0 aliphatic rings. The number of alkyl carbamates (subject to hydrolysis) is 1. The molecule has 0 aliphatic carbocycles. The molecule has 0 aromatic heterocycles. The minimum absolute atomic E-state index is 0.0585. The van der Waals surface area contributed by atoms with Gasteiger partial charge in [0.15, 0.2) is 5.96 Å². The van der Waals surface area contributed by atoms with Crippen LogP contribution in [0.3, 0.4) is 0 Å². The van der Waals surface area contributed by atoms with Crippen LogP contribution in [0.25, 0.3) is 0 Å². The van der Waals surface area contributed by atoms with E-state index < -0.39 is 6.09 Å². The van der Waals surface area contributed by atoms with Crippen molar-refractivity contribution in [2.45, 2.75) is 39.7 Å². The van der Waals surface area contributed by atoms with Gasteiger partial charge in [0.1, 0.15) is 0 Å².